The third kappa shape index (κ3) is 4.19. The van der Waals surface area contributed by atoms with Crippen molar-refractivity contribution in [2.24, 2.45) is 0 Å². The monoisotopic (exact) mass is 358 g/mol. The van der Waals surface area contributed by atoms with E-state index < -0.39 is 0 Å². The van der Waals surface area contributed by atoms with Gasteiger partial charge >= 0.3 is 0 Å². The first-order valence-corrected chi connectivity index (χ1v) is 9.01. The van der Waals surface area contributed by atoms with Gasteiger partial charge in [0.1, 0.15) is 17.4 Å². The van der Waals surface area contributed by atoms with Crippen LogP contribution in [0.4, 0.5) is 4.39 Å². The summed E-state index contributed by atoms with van der Waals surface area (Å²) in [4.78, 5) is 13.6. The van der Waals surface area contributed by atoms with Gasteiger partial charge in [-0.05, 0) is 46.5 Å². The van der Waals surface area contributed by atoms with Crippen LogP contribution in [0.3, 0.4) is 0 Å². The predicted molar refractivity (Wildman–Crippen MR) is 99.5 cm³/mol. The van der Waals surface area contributed by atoms with Crippen molar-refractivity contribution in [3.8, 4) is 5.75 Å². The Morgan fingerprint density at radius 1 is 1.31 bits per heavy atom. The summed E-state index contributed by atoms with van der Waals surface area (Å²) in [6.07, 6.45) is 4.06. The fourth-order valence-corrected chi connectivity index (χ4v) is 3.59. The molecule has 26 heavy (non-hydrogen) atoms. The molecule has 5 nitrogen and oxygen atoms in total. The Bertz CT molecular complexity index is 765. The molecule has 1 atom stereocenters. The van der Waals surface area contributed by atoms with Gasteiger partial charge in [-0.25, -0.2) is 14.4 Å². The highest BCUT2D eigenvalue weighted by Crippen LogP contribution is 2.34. The van der Waals surface area contributed by atoms with Crippen molar-refractivity contribution in [1.82, 2.24) is 19.8 Å². The molecule has 0 unspecified atom stereocenters. The Morgan fingerprint density at radius 3 is 2.81 bits per heavy atom. The Balaban J connectivity index is 1.86. The van der Waals surface area contributed by atoms with E-state index in [1.807, 2.05) is 39.3 Å². The Kier molecular flexibility index (Phi) is 5.84. The van der Waals surface area contributed by atoms with Gasteiger partial charge in [0.2, 0.25) is 0 Å². The van der Waals surface area contributed by atoms with E-state index in [0.29, 0.717) is 17.9 Å². The van der Waals surface area contributed by atoms with Crippen molar-refractivity contribution >= 4 is 0 Å². The third-order valence-electron chi connectivity index (χ3n) is 4.82. The van der Waals surface area contributed by atoms with Gasteiger partial charge in [0.05, 0.1) is 18.8 Å². The van der Waals surface area contributed by atoms with Gasteiger partial charge in [-0.2, -0.15) is 0 Å². The lowest BCUT2D eigenvalue weighted by molar-refractivity contribution is 0.237. The van der Waals surface area contributed by atoms with E-state index in [2.05, 4.69) is 14.8 Å². The molecular formula is C20H27FN4O. The van der Waals surface area contributed by atoms with Crippen molar-refractivity contribution in [3.05, 3.63) is 52.9 Å². The second kappa shape index (κ2) is 8.10. The molecule has 1 aliphatic rings. The fourth-order valence-electron chi connectivity index (χ4n) is 3.59. The van der Waals surface area contributed by atoms with Crippen LogP contribution < -0.4 is 4.74 Å². The normalized spacial score (nSPS) is 17.8. The quantitative estimate of drug-likeness (QED) is 0.792. The number of hydrogen-bond acceptors (Lipinski definition) is 5. The predicted octanol–water partition coefficient (Wildman–Crippen LogP) is 3.33. The largest absolute Gasteiger partial charge is 0.497 e. The summed E-state index contributed by atoms with van der Waals surface area (Å²) >= 11 is 0. The molecule has 0 amide bonds. The number of hydrogen-bond donors (Lipinski definition) is 0. The maximum absolute atomic E-state index is 14.4. The van der Waals surface area contributed by atoms with E-state index in [0.717, 1.165) is 43.0 Å². The summed E-state index contributed by atoms with van der Waals surface area (Å²) in [6, 6.07) is 5.28. The number of rotatable bonds is 6. The SMILES string of the molecule is COc1ccc(CN2CCC[C@@H]2c2nc(C)ncc2CN(C)C)c(F)c1. The maximum Gasteiger partial charge on any atom is 0.131 e. The van der Waals surface area contributed by atoms with E-state index in [1.54, 1.807) is 7.11 Å². The van der Waals surface area contributed by atoms with Gasteiger partial charge in [-0.15, -0.1) is 0 Å². The number of likely N-dealkylation sites (tertiary alicyclic amines) is 1. The molecule has 2 heterocycles. The molecule has 1 aliphatic heterocycles. The second-order valence-electron chi connectivity index (χ2n) is 7.15. The third-order valence-corrected chi connectivity index (χ3v) is 4.82. The molecule has 6 heteroatoms. The van der Waals surface area contributed by atoms with Crippen LogP contribution in [-0.4, -0.2) is 47.5 Å². The van der Waals surface area contributed by atoms with Crippen molar-refractivity contribution < 1.29 is 9.13 Å². The molecule has 1 fully saturated rings. The number of aromatic nitrogens is 2. The molecule has 0 N–H and O–H groups in total. The first kappa shape index (κ1) is 18.7. The molecule has 0 bridgehead atoms. The van der Waals surface area contributed by atoms with Gasteiger partial charge in [0.25, 0.3) is 0 Å². The van der Waals surface area contributed by atoms with Crippen LogP contribution >= 0.6 is 0 Å². The van der Waals surface area contributed by atoms with Crippen molar-refractivity contribution in [2.75, 3.05) is 27.7 Å². The van der Waals surface area contributed by atoms with E-state index in [9.17, 15) is 4.39 Å². The van der Waals surface area contributed by atoms with Gasteiger partial charge in [-0.1, -0.05) is 6.07 Å². The zero-order valence-corrected chi connectivity index (χ0v) is 16.0. The van der Waals surface area contributed by atoms with Crippen LogP contribution in [0.25, 0.3) is 0 Å². The Morgan fingerprint density at radius 2 is 2.12 bits per heavy atom. The molecular weight excluding hydrogens is 331 g/mol. The lowest BCUT2D eigenvalue weighted by Gasteiger charge is -2.26. The minimum Gasteiger partial charge on any atom is -0.497 e. The van der Waals surface area contributed by atoms with Crippen LogP contribution in [0, 0.1) is 12.7 Å². The summed E-state index contributed by atoms with van der Waals surface area (Å²) in [5.74, 6) is 1.11. The smallest absolute Gasteiger partial charge is 0.131 e. The minimum absolute atomic E-state index is 0.202. The molecule has 0 spiro atoms. The zero-order valence-electron chi connectivity index (χ0n) is 16.0. The molecule has 0 saturated carbocycles. The van der Waals surface area contributed by atoms with Crippen LogP contribution in [0.15, 0.2) is 24.4 Å². The van der Waals surface area contributed by atoms with Crippen LogP contribution in [0.1, 0.15) is 41.5 Å². The van der Waals surface area contributed by atoms with E-state index in [-0.39, 0.29) is 11.9 Å². The average molecular weight is 358 g/mol. The van der Waals surface area contributed by atoms with Gasteiger partial charge in [0.15, 0.2) is 0 Å². The van der Waals surface area contributed by atoms with Crippen LogP contribution in [0.5, 0.6) is 5.75 Å². The lowest BCUT2D eigenvalue weighted by atomic mass is 10.0. The fraction of sp³-hybridized carbons (Fsp3) is 0.500. The highest BCUT2D eigenvalue weighted by molar-refractivity contribution is 5.29. The van der Waals surface area contributed by atoms with E-state index in [4.69, 9.17) is 9.72 Å². The summed E-state index contributed by atoms with van der Waals surface area (Å²) < 4.78 is 19.5. The number of benzene rings is 1. The lowest BCUT2D eigenvalue weighted by Crippen LogP contribution is -2.26. The molecule has 0 radical (unpaired) electrons. The number of halogens is 1. The number of aryl methyl sites for hydroxylation is 1. The molecule has 0 aliphatic carbocycles. The molecule has 1 aromatic carbocycles. The Hall–Kier alpha value is -2.05. The Labute approximate surface area is 154 Å². The number of nitrogens with zero attached hydrogens (tertiary/aromatic N) is 4. The van der Waals surface area contributed by atoms with Crippen molar-refractivity contribution in [2.45, 2.75) is 38.9 Å². The summed E-state index contributed by atoms with van der Waals surface area (Å²) in [5, 5.41) is 0. The highest BCUT2D eigenvalue weighted by Gasteiger charge is 2.30. The van der Waals surface area contributed by atoms with Crippen LogP contribution in [0.2, 0.25) is 0 Å². The first-order valence-electron chi connectivity index (χ1n) is 9.01. The maximum atomic E-state index is 14.4. The number of ether oxygens (including phenoxy) is 1. The molecule has 1 aromatic heterocycles. The average Bonchev–Trinajstić information content (AvgIpc) is 3.06. The zero-order chi connectivity index (χ0) is 18.7. The van der Waals surface area contributed by atoms with Gasteiger partial charge < -0.3 is 9.64 Å². The molecule has 140 valence electrons. The number of methoxy groups -OCH3 is 1. The van der Waals surface area contributed by atoms with Crippen LogP contribution in [-0.2, 0) is 13.1 Å². The standard InChI is InChI=1S/C20H27FN4O/c1-14-22-11-16(12-24(2)3)20(23-14)19-6-5-9-25(19)13-15-7-8-17(26-4)10-18(15)21/h7-8,10-11,19H,5-6,9,12-13H2,1-4H3/t19-/m1/s1. The van der Waals surface area contributed by atoms with Crippen molar-refractivity contribution in [3.63, 3.8) is 0 Å². The topological polar surface area (TPSA) is 41.5 Å². The minimum atomic E-state index is -0.220. The summed E-state index contributed by atoms with van der Waals surface area (Å²) in [5.41, 5.74) is 2.92. The van der Waals surface area contributed by atoms with Gasteiger partial charge in [-0.3, -0.25) is 4.90 Å². The van der Waals surface area contributed by atoms with Crippen molar-refractivity contribution in [1.29, 1.82) is 0 Å². The van der Waals surface area contributed by atoms with E-state index >= 15 is 0 Å². The highest BCUT2D eigenvalue weighted by atomic mass is 19.1. The summed E-state index contributed by atoms with van der Waals surface area (Å²) in [7, 11) is 5.64. The van der Waals surface area contributed by atoms with E-state index in [1.165, 1.54) is 6.07 Å². The summed E-state index contributed by atoms with van der Waals surface area (Å²) in [6.45, 7) is 4.24. The molecule has 3 rings (SSSR count). The second-order valence-corrected chi connectivity index (χ2v) is 7.15. The molecule has 1 saturated heterocycles. The molecule has 2 aromatic rings. The van der Waals surface area contributed by atoms with Gasteiger partial charge in [0, 0.05) is 36.5 Å². The first-order chi connectivity index (χ1) is 12.5.